The first-order chi connectivity index (χ1) is 17.9. The Kier molecular flexibility index (Phi) is 9.96. The molecule has 0 saturated carbocycles. The predicted octanol–water partition coefficient (Wildman–Crippen LogP) is 6.02. The van der Waals surface area contributed by atoms with E-state index < -0.39 is 11.7 Å². The van der Waals surface area contributed by atoms with E-state index >= 15 is 0 Å². The Labute approximate surface area is 228 Å². The van der Waals surface area contributed by atoms with Crippen molar-refractivity contribution in [2.24, 2.45) is 23.7 Å². The number of carbonyl (C=O) groups is 2. The summed E-state index contributed by atoms with van der Waals surface area (Å²) in [6, 6.07) is 5.33. The molecule has 8 heteroatoms. The fourth-order valence-corrected chi connectivity index (χ4v) is 5.66. The zero-order valence-corrected chi connectivity index (χ0v) is 24.6. The number of benzene rings is 1. The first-order valence-corrected chi connectivity index (χ1v) is 13.9. The predicted molar refractivity (Wildman–Crippen MR) is 145 cm³/mol. The van der Waals surface area contributed by atoms with E-state index in [4.69, 9.17) is 23.7 Å². The number of rotatable bonds is 10. The molecule has 2 heterocycles. The van der Waals surface area contributed by atoms with Crippen LogP contribution in [-0.2, 0) is 19.0 Å². The Morgan fingerprint density at radius 1 is 1.05 bits per heavy atom. The summed E-state index contributed by atoms with van der Waals surface area (Å²) in [5, 5.41) is 0. The number of hydrogen-bond donors (Lipinski definition) is 0. The van der Waals surface area contributed by atoms with Crippen molar-refractivity contribution in [2.75, 3.05) is 27.4 Å². The maximum atomic E-state index is 13.8. The van der Waals surface area contributed by atoms with E-state index in [0.29, 0.717) is 31.1 Å². The Morgan fingerprint density at radius 3 is 2.32 bits per heavy atom. The van der Waals surface area contributed by atoms with E-state index in [1.54, 1.807) is 14.2 Å². The molecule has 1 aromatic rings. The normalized spacial score (nSPS) is 25.7. The molecule has 8 nitrogen and oxygen atoms in total. The molecule has 1 amide bonds. The van der Waals surface area contributed by atoms with E-state index in [0.717, 1.165) is 18.4 Å². The van der Waals surface area contributed by atoms with Crippen LogP contribution in [0.15, 0.2) is 18.2 Å². The van der Waals surface area contributed by atoms with Crippen molar-refractivity contribution in [3.63, 3.8) is 0 Å². The van der Waals surface area contributed by atoms with Crippen molar-refractivity contribution in [3.05, 3.63) is 23.8 Å². The topological polar surface area (TPSA) is 83.5 Å². The van der Waals surface area contributed by atoms with Crippen LogP contribution >= 0.6 is 0 Å². The molecule has 5 atom stereocenters. The molecule has 0 aromatic heterocycles. The maximum Gasteiger partial charge on any atom is 0.411 e. The van der Waals surface area contributed by atoms with Crippen molar-refractivity contribution < 1.29 is 33.3 Å². The average molecular weight is 534 g/mol. The standard InChI is InChI=1S/C30H47NO7/c1-18(2)21-16-23(25-17-22(19(3)4)28(32)37-25)31(29(33)38-30(5,6)7)27(21)20-11-12-24(35-9)26(15-20)36-14-10-13-34-8/h11-12,15,18-19,21-23,25,27H,10,13-14,16-17H2,1-9H3/t21-,22-,23-,25-,27?/m0/s1. The number of cyclic esters (lactones) is 1. The zero-order valence-electron chi connectivity index (χ0n) is 24.6. The van der Waals surface area contributed by atoms with Crippen LogP contribution < -0.4 is 9.47 Å². The van der Waals surface area contributed by atoms with Gasteiger partial charge in [-0.3, -0.25) is 9.69 Å². The first-order valence-electron chi connectivity index (χ1n) is 13.9. The molecule has 2 aliphatic heterocycles. The Morgan fingerprint density at radius 2 is 1.76 bits per heavy atom. The van der Waals surface area contributed by atoms with Gasteiger partial charge in [-0.15, -0.1) is 0 Å². The van der Waals surface area contributed by atoms with Gasteiger partial charge < -0.3 is 23.7 Å². The summed E-state index contributed by atoms with van der Waals surface area (Å²) in [6.45, 7) is 15.1. The van der Waals surface area contributed by atoms with Crippen molar-refractivity contribution in [3.8, 4) is 11.5 Å². The first kappa shape index (κ1) is 30.1. The van der Waals surface area contributed by atoms with Gasteiger partial charge in [0, 0.05) is 20.1 Å². The highest BCUT2D eigenvalue weighted by atomic mass is 16.6. The molecule has 0 aliphatic carbocycles. The zero-order chi connectivity index (χ0) is 28.2. The quantitative estimate of drug-likeness (QED) is 0.269. The van der Waals surface area contributed by atoms with Gasteiger partial charge in [-0.05, 0) is 69.1 Å². The minimum atomic E-state index is -0.662. The minimum absolute atomic E-state index is 0.138. The lowest BCUT2D eigenvalue weighted by molar-refractivity contribution is -0.147. The summed E-state index contributed by atoms with van der Waals surface area (Å²) in [5.41, 5.74) is 0.286. The number of ether oxygens (including phenoxy) is 5. The van der Waals surface area contributed by atoms with E-state index in [1.165, 1.54) is 0 Å². The van der Waals surface area contributed by atoms with Crippen LogP contribution in [0.3, 0.4) is 0 Å². The molecule has 0 bridgehead atoms. The molecule has 2 aliphatic rings. The van der Waals surface area contributed by atoms with Crippen LogP contribution in [0, 0.1) is 23.7 Å². The molecule has 2 saturated heterocycles. The maximum absolute atomic E-state index is 13.8. The van der Waals surface area contributed by atoms with Crippen molar-refractivity contribution in [1.82, 2.24) is 4.90 Å². The van der Waals surface area contributed by atoms with E-state index in [9.17, 15) is 9.59 Å². The SMILES string of the molecule is COCCCOc1cc(C2[C@H](C(C)C)C[C@@H]([C@@H]3C[C@@H](C(C)C)C(=O)O3)N2C(=O)OC(C)(C)C)ccc1OC. The highest BCUT2D eigenvalue weighted by Crippen LogP contribution is 2.49. The lowest BCUT2D eigenvalue weighted by Gasteiger charge is -2.36. The van der Waals surface area contributed by atoms with Gasteiger partial charge in [0.25, 0.3) is 0 Å². The van der Waals surface area contributed by atoms with Crippen LogP contribution in [0.1, 0.15) is 79.3 Å². The Balaban J connectivity index is 2.03. The van der Waals surface area contributed by atoms with Crippen molar-refractivity contribution in [1.29, 1.82) is 0 Å². The van der Waals surface area contributed by atoms with Gasteiger partial charge in [-0.25, -0.2) is 4.79 Å². The van der Waals surface area contributed by atoms with Gasteiger partial charge in [0.15, 0.2) is 11.5 Å². The molecule has 38 heavy (non-hydrogen) atoms. The number of hydrogen-bond acceptors (Lipinski definition) is 7. The highest BCUT2D eigenvalue weighted by Gasteiger charge is 2.53. The monoisotopic (exact) mass is 533 g/mol. The summed E-state index contributed by atoms with van der Waals surface area (Å²) in [5.74, 6) is 1.53. The summed E-state index contributed by atoms with van der Waals surface area (Å²) in [6.07, 6.45) is 1.32. The summed E-state index contributed by atoms with van der Waals surface area (Å²) in [4.78, 5) is 28.4. The van der Waals surface area contributed by atoms with Gasteiger partial charge >= 0.3 is 12.1 Å². The van der Waals surface area contributed by atoms with Gasteiger partial charge in [0.2, 0.25) is 0 Å². The lowest BCUT2D eigenvalue weighted by Crippen LogP contribution is -2.46. The number of nitrogens with zero attached hydrogens (tertiary/aromatic N) is 1. The van der Waals surface area contributed by atoms with Gasteiger partial charge in [0.05, 0.1) is 31.7 Å². The summed E-state index contributed by atoms with van der Waals surface area (Å²) in [7, 11) is 3.28. The number of amides is 1. The fourth-order valence-electron chi connectivity index (χ4n) is 5.66. The van der Waals surface area contributed by atoms with E-state index in [-0.39, 0.29) is 47.8 Å². The number of methoxy groups -OCH3 is 2. The fraction of sp³-hybridized carbons (Fsp3) is 0.733. The lowest BCUT2D eigenvalue weighted by atomic mass is 9.83. The van der Waals surface area contributed by atoms with E-state index in [1.807, 2.05) is 57.7 Å². The van der Waals surface area contributed by atoms with E-state index in [2.05, 4.69) is 13.8 Å². The van der Waals surface area contributed by atoms with Gasteiger partial charge in [0.1, 0.15) is 11.7 Å². The van der Waals surface area contributed by atoms with Crippen LogP contribution in [0.2, 0.25) is 0 Å². The smallest absolute Gasteiger partial charge is 0.411 e. The highest BCUT2D eigenvalue weighted by molar-refractivity contribution is 5.75. The number of esters is 1. The molecule has 3 rings (SSSR count). The Hall–Kier alpha value is -2.48. The molecule has 1 unspecified atom stereocenters. The minimum Gasteiger partial charge on any atom is -0.493 e. The third-order valence-electron chi connectivity index (χ3n) is 7.61. The van der Waals surface area contributed by atoms with Crippen LogP contribution in [0.4, 0.5) is 4.79 Å². The molecule has 0 spiro atoms. The second-order valence-corrected chi connectivity index (χ2v) is 12.2. The second kappa shape index (κ2) is 12.6. The average Bonchev–Trinajstić information content (AvgIpc) is 3.42. The summed E-state index contributed by atoms with van der Waals surface area (Å²) >= 11 is 0. The molecule has 1 aromatic carbocycles. The summed E-state index contributed by atoms with van der Waals surface area (Å²) < 4.78 is 28.7. The van der Waals surface area contributed by atoms with Gasteiger partial charge in [-0.1, -0.05) is 33.8 Å². The molecular weight excluding hydrogens is 486 g/mol. The third-order valence-corrected chi connectivity index (χ3v) is 7.61. The van der Waals surface area contributed by atoms with Crippen molar-refractivity contribution >= 4 is 12.1 Å². The third kappa shape index (κ3) is 6.93. The van der Waals surface area contributed by atoms with Crippen LogP contribution in [0.25, 0.3) is 0 Å². The Bertz CT molecular complexity index is 954. The molecule has 214 valence electrons. The molecule has 0 radical (unpaired) electrons. The van der Waals surface area contributed by atoms with Crippen LogP contribution in [-0.4, -0.2) is 62.1 Å². The van der Waals surface area contributed by atoms with Gasteiger partial charge in [-0.2, -0.15) is 0 Å². The van der Waals surface area contributed by atoms with Crippen molar-refractivity contribution in [2.45, 2.75) is 91.5 Å². The molecule has 2 fully saturated rings. The molecule has 0 N–H and O–H groups in total. The van der Waals surface area contributed by atoms with Crippen LogP contribution in [0.5, 0.6) is 11.5 Å². The number of likely N-dealkylation sites (tertiary alicyclic amines) is 1. The molecular formula is C30H47NO7. The number of carbonyl (C=O) groups excluding carboxylic acids is 2. The second-order valence-electron chi connectivity index (χ2n) is 12.2. The largest absolute Gasteiger partial charge is 0.493 e.